The number of carbonyl (C=O) groups excluding carboxylic acids is 2. The molecule has 7 heteroatoms. The summed E-state index contributed by atoms with van der Waals surface area (Å²) in [6.45, 7) is 3.38. The first kappa shape index (κ1) is 16.3. The van der Waals surface area contributed by atoms with Gasteiger partial charge in [0.25, 0.3) is 0 Å². The van der Waals surface area contributed by atoms with Crippen molar-refractivity contribution in [3.63, 3.8) is 0 Å². The maximum absolute atomic E-state index is 12.2. The maximum Gasteiger partial charge on any atom is 0.409 e. The van der Waals surface area contributed by atoms with Gasteiger partial charge in [-0.25, -0.2) is 9.78 Å². The van der Waals surface area contributed by atoms with Crippen molar-refractivity contribution >= 4 is 23.1 Å². The van der Waals surface area contributed by atoms with Crippen LogP contribution in [0.25, 0.3) is 11.1 Å². The molecule has 0 saturated carbocycles. The van der Waals surface area contributed by atoms with Crippen LogP contribution >= 0.6 is 0 Å². The third-order valence-corrected chi connectivity index (χ3v) is 4.15. The number of rotatable bonds is 4. The summed E-state index contributed by atoms with van der Waals surface area (Å²) in [5.74, 6) is -0.0246. The minimum Gasteiger partial charge on any atom is -0.450 e. The lowest BCUT2D eigenvalue weighted by Crippen LogP contribution is -2.47. The number of likely N-dealkylation sites (tertiary alicyclic amines) is 1. The van der Waals surface area contributed by atoms with E-state index in [1.165, 1.54) is 6.39 Å². The largest absolute Gasteiger partial charge is 0.450 e. The lowest BCUT2D eigenvalue weighted by molar-refractivity contribution is -0.121. The molecule has 1 fully saturated rings. The van der Waals surface area contributed by atoms with Gasteiger partial charge in [-0.15, -0.1) is 0 Å². The third-order valence-electron chi connectivity index (χ3n) is 4.15. The highest BCUT2D eigenvalue weighted by Crippen LogP contribution is 2.15. The van der Waals surface area contributed by atoms with E-state index in [1.807, 2.05) is 18.2 Å². The zero-order valence-electron chi connectivity index (χ0n) is 13.7. The van der Waals surface area contributed by atoms with Gasteiger partial charge in [-0.2, -0.15) is 0 Å². The van der Waals surface area contributed by atoms with Crippen molar-refractivity contribution in [1.82, 2.24) is 15.2 Å². The van der Waals surface area contributed by atoms with E-state index in [2.05, 4.69) is 10.3 Å². The number of fused-ring (bicyclic) bond motifs is 1. The Labute approximate surface area is 140 Å². The average Bonchev–Trinajstić information content (AvgIpc) is 3.03. The molecule has 1 N–H and O–H groups in total. The summed E-state index contributed by atoms with van der Waals surface area (Å²) in [5.41, 5.74) is 2.36. The number of hydrogen-bond acceptors (Lipinski definition) is 5. The highest BCUT2D eigenvalue weighted by Gasteiger charge is 2.24. The fourth-order valence-corrected chi connectivity index (χ4v) is 2.89. The first-order chi connectivity index (χ1) is 11.7. The molecule has 0 aliphatic carbocycles. The van der Waals surface area contributed by atoms with Crippen LogP contribution in [0.15, 0.2) is 29.0 Å². The summed E-state index contributed by atoms with van der Waals surface area (Å²) in [6, 6.07) is 5.66. The number of nitrogens with one attached hydrogen (secondary N) is 1. The molecule has 0 spiro atoms. The summed E-state index contributed by atoms with van der Waals surface area (Å²) < 4.78 is 10.2. The molecule has 2 aromatic rings. The van der Waals surface area contributed by atoms with Crippen LogP contribution in [0.5, 0.6) is 0 Å². The number of ether oxygens (including phenoxy) is 1. The van der Waals surface area contributed by atoms with E-state index in [1.54, 1.807) is 11.8 Å². The van der Waals surface area contributed by atoms with E-state index in [0.717, 1.165) is 23.9 Å². The zero-order valence-corrected chi connectivity index (χ0v) is 13.7. The van der Waals surface area contributed by atoms with Crippen LogP contribution in [-0.4, -0.2) is 47.6 Å². The van der Waals surface area contributed by atoms with Crippen molar-refractivity contribution in [2.75, 3.05) is 19.7 Å². The number of hydrogen-bond donors (Lipinski definition) is 1. The molecular formula is C17H21N3O4. The highest BCUT2D eigenvalue weighted by molar-refractivity contribution is 5.81. The van der Waals surface area contributed by atoms with Gasteiger partial charge in [0.1, 0.15) is 5.52 Å². The third kappa shape index (κ3) is 3.84. The van der Waals surface area contributed by atoms with Crippen LogP contribution in [0.1, 0.15) is 25.3 Å². The highest BCUT2D eigenvalue weighted by atomic mass is 16.6. The number of carbonyl (C=O) groups is 2. The van der Waals surface area contributed by atoms with Crippen molar-refractivity contribution < 1.29 is 18.7 Å². The predicted molar refractivity (Wildman–Crippen MR) is 87.5 cm³/mol. The van der Waals surface area contributed by atoms with E-state index in [4.69, 9.17) is 9.15 Å². The van der Waals surface area contributed by atoms with E-state index in [0.29, 0.717) is 31.7 Å². The van der Waals surface area contributed by atoms with Gasteiger partial charge in [0.2, 0.25) is 5.91 Å². The van der Waals surface area contributed by atoms with Crippen molar-refractivity contribution in [1.29, 1.82) is 0 Å². The molecule has 1 saturated heterocycles. The molecule has 1 aliphatic rings. The number of nitrogens with zero attached hydrogens (tertiary/aromatic N) is 2. The van der Waals surface area contributed by atoms with Gasteiger partial charge in [0.05, 0.1) is 13.0 Å². The Kier molecular flexibility index (Phi) is 4.98. The van der Waals surface area contributed by atoms with Crippen molar-refractivity contribution in [3.8, 4) is 0 Å². The number of benzene rings is 1. The Morgan fingerprint density at radius 2 is 2.17 bits per heavy atom. The Hall–Kier alpha value is -2.57. The van der Waals surface area contributed by atoms with Gasteiger partial charge in [-0.3, -0.25) is 4.79 Å². The molecule has 7 nitrogen and oxygen atoms in total. The summed E-state index contributed by atoms with van der Waals surface area (Å²) in [5, 5.41) is 3.04. The van der Waals surface area contributed by atoms with Gasteiger partial charge < -0.3 is 19.4 Å². The van der Waals surface area contributed by atoms with Crippen molar-refractivity contribution in [2.45, 2.75) is 32.2 Å². The van der Waals surface area contributed by atoms with Gasteiger partial charge in [-0.1, -0.05) is 6.07 Å². The zero-order chi connectivity index (χ0) is 16.9. The summed E-state index contributed by atoms with van der Waals surface area (Å²) in [7, 11) is 0. The molecule has 3 rings (SSSR count). The van der Waals surface area contributed by atoms with Gasteiger partial charge in [0, 0.05) is 19.1 Å². The Bertz CT molecular complexity index is 719. The molecule has 1 aromatic heterocycles. The second-order valence-corrected chi connectivity index (χ2v) is 5.86. The Morgan fingerprint density at radius 1 is 1.38 bits per heavy atom. The van der Waals surface area contributed by atoms with Crippen LogP contribution in [0.3, 0.4) is 0 Å². The summed E-state index contributed by atoms with van der Waals surface area (Å²) in [4.78, 5) is 29.6. The monoisotopic (exact) mass is 331 g/mol. The first-order valence-corrected chi connectivity index (χ1v) is 8.19. The number of amides is 2. The maximum atomic E-state index is 12.2. The molecule has 0 unspecified atom stereocenters. The SMILES string of the molecule is CCOC(=O)N1CCC(NC(=O)Cc2ccc3ncoc3c2)CC1. The lowest BCUT2D eigenvalue weighted by atomic mass is 10.0. The molecule has 0 radical (unpaired) electrons. The number of oxazole rings is 1. The fourth-order valence-electron chi connectivity index (χ4n) is 2.89. The van der Waals surface area contributed by atoms with Crippen LogP contribution in [0, 0.1) is 0 Å². The average molecular weight is 331 g/mol. The van der Waals surface area contributed by atoms with Crippen molar-refractivity contribution in [3.05, 3.63) is 30.2 Å². The molecule has 2 amide bonds. The summed E-state index contributed by atoms with van der Waals surface area (Å²) >= 11 is 0. The van der Waals surface area contributed by atoms with Gasteiger partial charge in [-0.05, 0) is 37.5 Å². The molecule has 0 atom stereocenters. The van der Waals surface area contributed by atoms with E-state index in [9.17, 15) is 9.59 Å². The fraction of sp³-hybridized carbons (Fsp3) is 0.471. The summed E-state index contributed by atoms with van der Waals surface area (Å²) in [6.07, 6.45) is 2.90. The van der Waals surface area contributed by atoms with Gasteiger partial charge in [0.15, 0.2) is 12.0 Å². The van der Waals surface area contributed by atoms with Crippen LogP contribution in [0.4, 0.5) is 4.79 Å². The van der Waals surface area contributed by atoms with E-state index >= 15 is 0 Å². The molecule has 128 valence electrons. The second kappa shape index (κ2) is 7.33. The Balaban J connectivity index is 1.48. The standard InChI is InChI=1S/C17H21N3O4/c1-2-23-17(22)20-7-5-13(6-8-20)19-16(21)10-12-3-4-14-15(9-12)24-11-18-14/h3-4,9,11,13H,2,5-8,10H2,1H3,(H,19,21). The van der Waals surface area contributed by atoms with Crippen molar-refractivity contribution in [2.24, 2.45) is 0 Å². The Morgan fingerprint density at radius 3 is 2.92 bits per heavy atom. The minimum atomic E-state index is -0.275. The van der Waals surface area contributed by atoms with Crippen LogP contribution in [-0.2, 0) is 16.0 Å². The van der Waals surface area contributed by atoms with Gasteiger partial charge >= 0.3 is 6.09 Å². The second-order valence-electron chi connectivity index (χ2n) is 5.86. The quantitative estimate of drug-likeness (QED) is 0.927. The predicted octanol–water partition coefficient (Wildman–Crippen LogP) is 2.11. The van der Waals surface area contributed by atoms with E-state index < -0.39 is 0 Å². The van der Waals surface area contributed by atoms with Crippen LogP contribution < -0.4 is 5.32 Å². The molecule has 1 aliphatic heterocycles. The molecule has 0 bridgehead atoms. The van der Waals surface area contributed by atoms with E-state index in [-0.39, 0.29) is 18.0 Å². The molecule has 2 heterocycles. The molecular weight excluding hydrogens is 310 g/mol. The lowest BCUT2D eigenvalue weighted by Gasteiger charge is -2.31. The first-order valence-electron chi connectivity index (χ1n) is 8.19. The topological polar surface area (TPSA) is 84.7 Å². The molecule has 24 heavy (non-hydrogen) atoms. The van der Waals surface area contributed by atoms with Crippen LogP contribution in [0.2, 0.25) is 0 Å². The number of piperidine rings is 1. The molecule has 1 aromatic carbocycles. The minimum absolute atomic E-state index is 0.0246. The normalized spacial score (nSPS) is 15.5. The number of aromatic nitrogens is 1. The smallest absolute Gasteiger partial charge is 0.409 e.